The van der Waals surface area contributed by atoms with Crippen LogP contribution < -0.4 is 5.32 Å². The van der Waals surface area contributed by atoms with Crippen LogP contribution in [0.5, 0.6) is 0 Å². The van der Waals surface area contributed by atoms with Gasteiger partial charge in [-0.1, -0.05) is 20.3 Å². The first-order valence-corrected chi connectivity index (χ1v) is 8.94. The van der Waals surface area contributed by atoms with E-state index in [1.54, 1.807) is 0 Å². The van der Waals surface area contributed by atoms with Crippen molar-refractivity contribution in [3.8, 4) is 0 Å². The van der Waals surface area contributed by atoms with Crippen LogP contribution in [0.4, 0.5) is 4.39 Å². The van der Waals surface area contributed by atoms with Gasteiger partial charge in [0.25, 0.3) is 15.0 Å². The molecule has 2 atom stereocenters. The molecule has 1 amide bonds. The largest absolute Gasteiger partial charge is 0.349 e. The molecule has 1 aromatic carbocycles. The lowest BCUT2D eigenvalue weighted by atomic mass is 10.0. The molecule has 0 aromatic heterocycles. The molecule has 0 spiro atoms. The molecule has 0 saturated heterocycles. The molecule has 4 nitrogen and oxygen atoms in total. The van der Waals surface area contributed by atoms with E-state index in [1.807, 2.05) is 20.8 Å². The van der Waals surface area contributed by atoms with Crippen LogP contribution in [0.2, 0.25) is 0 Å². The van der Waals surface area contributed by atoms with Crippen molar-refractivity contribution < 1.29 is 17.6 Å². The number of carbonyl (C=O) groups excluding carboxylic acids is 1. The molecule has 1 aromatic rings. The van der Waals surface area contributed by atoms with Crippen LogP contribution in [0, 0.1) is 18.7 Å². The highest BCUT2D eigenvalue weighted by atomic mass is 35.7. The number of nitrogens with one attached hydrogen (secondary N) is 1. The van der Waals surface area contributed by atoms with Crippen LogP contribution in [0.3, 0.4) is 0 Å². The lowest BCUT2D eigenvalue weighted by molar-refractivity contribution is 0.0927. The molecule has 0 radical (unpaired) electrons. The summed E-state index contributed by atoms with van der Waals surface area (Å²) in [5.41, 5.74) is 0.126. The molecule has 0 aliphatic heterocycles. The van der Waals surface area contributed by atoms with Gasteiger partial charge in [-0.2, -0.15) is 0 Å². The number of carbonyl (C=O) groups is 1. The number of rotatable bonds is 5. The van der Waals surface area contributed by atoms with Gasteiger partial charge in [-0.15, -0.1) is 0 Å². The van der Waals surface area contributed by atoms with Gasteiger partial charge in [0.05, 0.1) is 0 Å². The molecule has 1 rings (SSSR count). The SMILES string of the molecule is CCC(C)C(C)NC(=O)c1cc(C)c(F)c(S(=O)(=O)Cl)c1. The van der Waals surface area contributed by atoms with Crippen molar-refractivity contribution >= 4 is 25.6 Å². The van der Waals surface area contributed by atoms with Gasteiger partial charge in [-0.05, 0) is 37.5 Å². The predicted octanol–water partition coefficient (Wildman–Crippen LogP) is 3.23. The Balaban J connectivity index is 3.15. The normalized spacial score (nSPS) is 14.6. The molecule has 0 saturated carbocycles. The van der Waals surface area contributed by atoms with Crippen LogP contribution >= 0.6 is 10.7 Å². The van der Waals surface area contributed by atoms with Gasteiger partial charge in [-0.3, -0.25) is 4.79 Å². The van der Waals surface area contributed by atoms with Gasteiger partial charge in [-0.25, -0.2) is 12.8 Å². The summed E-state index contributed by atoms with van der Waals surface area (Å²) < 4.78 is 36.5. The van der Waals surface area contributed by atoms with E-state index in [-0.39, 0.29) is 23.1 Å². The summed E-state index contributed by atoms with van der Waals surface area (Å²) in [6.45, 7) is 7.25. The molecule has 0 aliphatic rings. The van der Waals surface area contributed by atoms with Crippen molar-refractivity contribution in [3.63, 3.8) is 0 Å². The van der Waals surface area contributed by atoms with Gasteiger partial charge in [0.1, 0.15) is 10.7 Å². The quantitative estimate of drug-likeness (QED) is 0.840. The van der Waals surface area contributed by atoms with Crippen molar-refractivity contribution in [2.75, 3.05) is 0 Å². The Kier molecular flexibility index (Phi) is 5.75. The lowest BCUT2D eigenvalue weighted by Gasteiger charge is -2.20. The van der Waals surface area contributed by atoms with Crippen molar-refractivity contribution in [3.05, 3.63) is 29.1 Å². The number of halogens is 2. The number of hydrogen-bond donors (Lipinski definition) is 1. The van der Waals surface area contributed by atoms with Crippen LogP contribution in [-0.4, -0.2) is 20.4 Å². The third kappa shape index (κ3) is 4.41. The fourth-order valence-electron chi connectivity index (χ4n) is 1.83. The Labute approximate surface area is 129 Å². The second kappa shape index (κ2) is 6.75. The van der Waals surface area contributed by atoms with E-state index in [9.17, 15) is 17.6 Å². The molecular weight excluding hydrogens is 317 g/mol. The molecular formula is C14H19ClFNO3S. The van der Waals surface area contributed by atoms with Crippen LogP contribution in [0.15, 0.2) is 17.0 Å². The average molecular weight is 336 g/mol. The van der Waals surface area contributed by atoms with Gasteiger partial charge in [0, 0.05) is 22.3 Å². The first-order valence-electron chi connectivity index (χ1n) is 6.63. The first kappa shape index (κ1) is 17.9. The Hall–Kier alpha value is -1.14. The van der Waals surface area contributed by atoms with E-state index < -0.39 is 25.7 Å². The van der Waals surface area contributed by atoms with Crippen LogP contribution in [-0.2, 0) is 9.05 Å². The highest BCUT2D eigenvalue weighted by Gasteiger charge is 2.22. The highest BCUT2D eigenvalue weighted by Crippen LogP contribution is 2.23. The van der Waals surface area contributed by atoms with E-state index in [0.717, 1.165) is 12.5 Å². The monoisotopic (exact) mass is 335 g/mol. The van der Waals surface area contributed by atoms with Gasteiger partial charge in [0.15, 0.2) is 0 Å². The topological polar surface area (TPSA) is 63.2 Å². The summed E-state index contributed by atoms with van der Waals surface area (Å²) in [6.07, 6.45) is 0.894. The summed E-state index contributed by atoms with van der Waals surface area (Å²) in [4.78, 5) is 11.5. The van der Waals surface area contributed by atoms with E-state index in [4.69, 9.17) is 10.7 Å². The maximum absolute atomic E-state index is 13.8. The minimum atomic E-state index is -4.24. The molecule has 0 heterocycles. The van der Waals surface area contributed by atoms with Crippen molar-refractivity contribution in [1.82, 2.24) is 5.32 Å². The molecule has 0 aliphatic carbocycles. The van der Waals surface area contributed by atoms with E-state index in [2.05, 4.69) is 5.32 Å². The average Bonchev–Trinajstić information content (AvgIpc) is 2.38. The molecule has 0 bridgehead atoms. The molecule has 1 N–H and O–H groups in total. The zero-order valence-corrected chi connectivity index (χ0v) is 14.0. The third-order valence-corrected chi connectivity index (χ3v) is 4.92. The molecule has 21 heavy (non-hydrogen) atoms. The molecule has 0 fully saturated rings. The Bertz CT molecular complexity index is 646. The molecule has 118 valence electrons. The zero-order valence-electron chi connectivity index (χ0n) is 12.4. The minimum absolute atomic E-state index is 0.0538. The van der Waals surface area contributed by atoms with Crippen LogP contribution in [0.1, 0.15) is 43.1 Å². The standard InChI is InChI=1S/C14H19ClFNO3S/c1-5-8(2)10(4)17-14(18)11-6-9(3)13(16)12(7-11)21(15,19)20/h6-8,10H,5H2,1-4H3,(H,17,18). The van der Waals surface area contributed by atoms with Crippen molar-refractivity contribution in [1.29, 1.82) is 0 Å². The van der Waals surface area contributed by atoms with Gasteiger partial charge >= 0.3 is 0 Å². The fraction of sp³-hybridized carbons (Fsp3) is 0.500. The van der Waals surface area contributed by atoms with Gasteiger partial charge < -0.3 is 5.32 Å². The van der Waals surface area contributed by atoms with Crippen LogP contribution in [0.25, 0.3) is 0 Å². The van der Waals surface area contributed by atoms with Crippen molar-refractivity contribution in [2.45, 2.75) is 45.1 Å². The fourth-order valence-corrected chi connectivity index (χ4v) is 2.81. The maximum atomic E-state index is 13.8. The van der Waals surface area contributed by atoms with E-state index >= 15 is 0 Å². The smallest absolute Gasteiger partial charge is 0.264 e. The second-order valence-corrected chi connectivity index (χ2v) is 7.73. The summed E-state index contributed by atoms with van der Waals surface area (Å²) in [5, 5.41) is 2.77. The molecule has 7 heteroatoms. The Morgan fingerprint density at radius 2 is 1.95 bits per heavy atom. The summed E-state index contributed by atoms with van der Waals surface area (Å²) >= 11 is 0. The molecule has 2 unspecified atom stereocenters. The Morgan fingerprint density at radius 1 is 1.38 bits per heavy atom. The van der Waals surface area contributed by atoms with Crippen molar-refractivity contribution in [2.24, 2.45) is 5.92 Å². The summed E-state index contributed by atoms with van der Waals surface area (Å²) in [6, 6.07) is 2.19. The predicted molar refractivity (Wildman–Crippen MR) is 80.6 cm³/mol. The van der Waals surface area contributed by atoms with Gasteiger partial charge in [0.2, 0.25) is 0 Å². The first-order chi connectivity index (χ1) is 9.57. The number of amides is 1. The zero-order chi connectivity index (χ0) is 16.4. The highest BCUT2D eigenvalue weighted by molar-refractivity contribution is 8.13. The number of benzene rings is 1. The maximum Gasteiger partial charge on any atom is 0.264 e. The lowest BCUT2D eigenvalue weighted by Crippen LogP contribution is -2.37. The third-order valence-electron chi connectivity index (χ3n) is 3.60. The number of aryl methyl sites for hydroxylation is 1. The number of hydrogen-bond acceptors (Lipinski definition) is 3. The second-order valence-electron chi connectivity index (χ2n) is 5.19. The summed E-state index contributed by atoms with van der Waals surface area (Å²) in [5.74, 6) is -1.12. The summed E-state index contributed by atoms with van der Waals surface area (Å²) in [7, 11) is 0.947. The Morgan fingerprint density at radius 3 is 2.43 bits per heavy atom. The van der Waals surface area contributed by atoms with E-state index in [0.29, 0.717) is 0 Å². The van der Waals surface area contributed by atoms with E-state index in [1.165, 1.54) is 13.0 Å². The minimum Gasteiger partial charge on any atom is -0.349 e.